The second-order valence-electron chi connectivity index (χ2n) is 4.84. The molecule has 1 unspecified atom stereocenters. The summed E-state index contributed by atoms with van der Waals surface area (Å²) in [6.07, 6.45) is -0.581. The minimum atomic E-state index is -0.756. The van der Waals surface area contributed by atoms with E-state index in [0.29, 0.717) is 10.6 Å². The molecule has 0 spiro atoms. The highest BCUT2D eigenvalue weighted by atomic mass is 35.5. The first-order valence-corrected chi connectivity index (χ1v) is 6.54. The number of hydrogen-bond acceptors (Lipinski definition) is 1. The molecule has 2 aromatic rings. The molecule has 2 aromatic carbocycles. The standard InChI is InChI=1S/C16H16ClFO/c1-10-6-11(2)8-12(7-10)16(19)9-13-14(17)4-3-5-15(13)18/h3-8,16,19H,9H2,1-2H3. The number of rotatable bonds is 3. The normalized spacial score (nSPS) is 12.5. The Labute approximate surface area is 117 Å². The SMILES string of the molecule is Cc1cc(C)cc(C(O)Cc2c(F)cccc2Cl)c1. The van der Waals surface area contributed by atoms with Gasteiger partial charge in [-0.25, -0.2) is 4.39 Å². The van der Waals surface area contributed by atoms with Gasteiger partial charge in [-0.2, -0.15) is 0 Å². The van der Waals surface area contributed by atoms with Gasteiger partial charge in [0, 0.05) is 17.0 Å². The summed E-state index contributed by atoms with van der Waals surface area (Å²) in [5.41, 5.74) is 3.30. The molecule has 0 saturated heterocycles. The van der Waals surface area contributed by atoms with E-state index in [4.69, 9.17) is 11.6 Å². The lowest BCUT2D eigenvalue weighted by molar-refractivity contribution is 0.177. The molecular weight excluding hydrogens is 263 g/mol. The Bertz CT molecular complexity index is 555. The van der Waals surface area contributed by atoms with Gasteiger partial charge in [-0.15, -0.1) is 0 Å². The Kier molecular flexibility index (Phi) is 4.23. The lowest BCUT2D eigenvalue weighted by atomic mass is 9.98. The van der Waals surface area contributed by atoms with Gasteiger partial charge in [0.15, 0.2) is 0 Å². The van der Waals surface area contributed by atoms with E-state index in [1.165, 1.54) is 6.07 Å². The van der Waals surface area contributed by atoms with Gasteiger partial charge in [0.25, 0.3) is 0 Å². The monoisotopic (exact) mass is 278 g/mol. The summed E-state index contributed by atoms with van der Waals surface area (Å²) >= 11 is 5.97. The Morgan fingerprint density at radius 1 is 1.16 bits per heavy atom. The molecule has 3 heteroatoms. The molecule has 100 valence electrons. The third-order valence-electron chi connectivity index (χ3n) is 3.09. The molecule has 1 N–H and O–H groups in total. The van der Waals surface area contributed by atoms with E-state index in [9.17, 15) is 9.50 Å². The van der Waals surface area contributed by atoms with Gasteiger partial charge in [-0.3, -0.25) is 0 Å². The molecule has 0 aliphatic carbocycles. The predicted molar refractivity (Wildman–Crippen MR) is 76.0 cm³/mol. The molecule has 0 saturated carbocycles. The van der Waals surface area contributed by atoms with Crippen molar-refractivity contribution in [2.75, 3.05) is 0 Å². The van der Waals surface area contributed by atoms with Crippen LogP contribution in [-0.4, -0.2) is 5.11 Å². The van der Waals surface area contributed by atoms with Crippen molar-refractivity contribution in [3.8, 4) is 0 Å². The molecule has 0 aliphatic rings. The van der Waals surface area contributed by atoms with Crippen molar-refractivity contribution in [2.45, 2.75) is 26.4 Å². The molecule has 0 amide bonds. The van der Waals surface area contributed by atoms with Crippen LogP contribution in [0.15, 0.2) is 36.4 Å². The number of halogens is 2. The molecule has 0 aromatic heterocycles. The van der Waals surface area contributed by atoms with Crippen molar-refractivity contribution in [3.05, 3.63) is 69.5 Å². The number of aliphatic hydroxyl groups excluding tert-OH is 1. The van der Waals surface area contributed by atoms with E-state index in [1.807, 2.05) is 32.0 Å². The zero-order valence-corrected chi connectivity index (χ0v) is 11.7. The molecular formula is C16H16ClFO. The summed E-state index contributed by atoms with van der Waals surface area (Å²) in [5.74, 6) is -0.379. The Morgan fingerprint density at radius 3 is 2.37 bits per heavy atom. The van der Waals surface area contributed by atoms with E-state index in [-0.39, 0.29) is 12.2 Å². The van der Waals surface area contributed by atoms with Crippen molar-refractivity contribution >= 4 is 11.6 Å². The summed E-state index contributed by atoms with van der Waals surface area (Å²) in [6.45, 7) is 3.94. The maximum atomic E-state index is 13.7. The average Bonchev–Trinajstić information content (AvgIpc) is 2.32. The lowest BCUT2D eigenvalue weighted by Gasteiger charge is -2.14. The first-order valence-electron chi connectivity index (χ1n) is 6.16. The molecule has 1 nitrogen and oxygen atoms in total. The van der Waals surface area contributed by atoms with Gasteiger partial charge < -0.3 is 5.11 Å². The van der Waals surface area contributed by atoms with E-state index in [2.05, 4.69) is 0 Å². The summed E-state index contributed by atoms with van der Waals surface area (Å²) in [5, 5.41) is 10.6. The van der Waals surface area contributed by atoms with Gasteiger partial charge in [-0.1, -0.05) is 47.0 Å². The number of hydrogen-bond donors (Lipinski definition) is 1. The van der Waals surface area contributed by atoms with Crippen LogP contribution >= 0.6 is 11.6 Å². The van der Waals surface area contributed by atoms with Crippen LogP contribution in [0.3, 0.4) is 0 Å². The van der Waals surface area contributed by atoms with Gasteiger partial charge in [0.2, 0.25) is 0 Å². The maximum absolute atomic E-state index is 13.7. The number of aryl methyl sites for hydroxylation is 2. The second kappa shape index (κ2) is 5.72. The Balaban J connectivity index is 2.28. The zero-order chi connectivity index (χ0) is 14.0. The van der Waals surface area contributed by atoms with Gasteiger partial charge >= 0.3 is 0 Å². The highest BCUT2D eigenvalue weighted by molar-refractivity contribution is 6.31. The molecule has 0 radical (unpaired) electrons. The lowest BCUT2D eigenvalue weighted by Crippen LogP contribution is -2.05. The van der Waals surface area contributed by atoms with Crippen LogP contribution in [0.2, 0.25) is 5.02 Å². The van der Waals surface area contributed by atoms with Crippen LogP contribution in [-0.2, 0) is 6.42 Å². The van der Waals surface area contributed by atoms with Gasteiger partial charge in [0.05, 0.1) is 6.10 Å². The van der Waals surface area contributed by atoms with Gasteiger partial charge in [0.1, 0.15) is 5.82 Å². The summed E-state index contributed by atoms with van der Waals surface area (Å²) in [6, 6.07) is 10.4. The van der Waals surface area contributed by atoms with Gasteiger partial charge in [-0.05, 0) is 31.5 Å². The van der Waals surface area contributed by atoms with Crippen molar-refractivity contribution in [1.82, 2.24) is 0 Å². The van der Waals surface area contributed by atoms with Crippen molar-refractivity contribution < 1.29 is 9.50 Å². The summed E-state index contributed by atoms with van der Waals surface area (Å²) in [7, 11) is 0. The molecule has 0 fully saturated rings. The fourth-order valence-electron chi connectivity index (χ4n) is 2.24. The van der Waals surface area contributed by atoms with Crippen LogP contribution in [0.4, 0.5) is 4.39 Å². The molecule has 2 rings (SSSR count). The van der Waals surface area contributed by atoms with E-state index >= 15 is 0 Å². The predicted octanol–water partition coefficient (Wildman–Crippen LogP) is 4.37. The molecule has 1 atom stereocenters. The number of aliphatic hydroxyl groups is 1. The quantitative estimate of drug-likeness (QED) is 0.884. The minimum absolute atomic E-state index is 0.175. The largest absolute Gasteiger partial charge is 0.388 e. The zero-order valence-electron chi connectivity index (χ0n) is 11.0. The maximum Gasteiger partial charge on any atom is 0.127 e. The fourth-order valence-corrected chi connectivity index (χ4v) is 2.48. The van der Waals surface area contributed by atoms with Crippen LogP contribution < -0.4 is 0 Å². The molecule has 0 aliphatic heterocycles. The summed E-state index contributed by atoms with van der Waals surface area (Å²) < 4.78 is 13.7. The summed E-state index contributed by atoms with van der Waals surface area (Å²) in [4.78, 5) is 0. The Morgan fingerprint density at radius 2 is 1.79 bits per heavy atom. The van der Waals surface area contributed by atoms with E-state index in [1.54, 1.807) is 12.1 Å². The molecule has 19 heavy (non-hydrogen) atoms. The average molecular weight is 279 g/mol. The Hall–Kier alpha value is -1.38. The third kappa shape index (κ3) is 3.34. The fraction of sp³-hybridized carbons (Fsp3) is 0.250. The van der Waals surface area contributed by atoms with Crippen molar-refractivity contribution in [3.63, 3.8) is 0 Å². The number of benzene rings is 2. The van der Waals surface area contributed by atoms with E-state index in [0.717, 1.165) is 16.7 Å². The third-order valence-corrected chi connectivity index (χ3v) is 3.44. The van der Waals surface area contributed by atoms with Crippen LogP contribution in [0.5, 0.6) is 0 Å². The topological polar surface area (TPSA) is 20.2 Å². The van der Waals surface area contributed by atoms with Crippen LogP contribution in [0.25, 0.3) is 0 Å². The second-order valence-corrected chi connectivity index (χ2v) is 5.25. The van der Waals surface area contributed by atoms with Crippen LogP contribution in [0.1, 0.15) is 28.4 Å². The van der Waals surface area contributed by atoms with E-state index < -0.39 is 6.10 Å². The minimum Gasteiger partial charge on any atom is -0.388 e. The van der Waals surface area contributed by atoms with Crippen molar-refractivity contribution in [2.24, 2.45) is 0 Å². The smallest absolute Gasteiger partial charge is 0.127 e. The first kappa shape index (κ1) is 14.0. The van der Waals surface area contributed by atoms with Crippen molar-refractivity contribution in [1.29, 1.82) is 0 Å². The first-order chi connectivity index (χ1) is 8.97. The highest BCUT2D eigenvalue weighted by Crippen LogP contribution is 2.26. The molecule has 0 heterocycles. The van der Waals surface area contributed by atoms with Crippen LogP contribution in [0, 0.1) is 19.7 Å². The highest BCUT2D eigenvalue weighted by Gasteiger charge is 2.14. The molecule has 0 bridgehead atoms.